The summed E-state index contributed by atoms with van der Waals surface area (Å²) in [6.45, 7) is -1.28. The van der Waals surface area contributed by atoms with E-state index in [2.05, 4.69) is 20.7 Å². The molecule has 0 aliphatic carbocycles. The van der Waals surface area contributed by atoms with Crippen molar-refractivity contribution in [1.29, 1.82) is 5.26 Å². The zero-order chi connectivity index (χ0) is 14.4. The van der Waals surface area contributed by atoms with Gasteiger partial charge in [-0.05, 0) is 19.1 Å². The molecule has 19 heavy (non-hydrogen) atoms. The van der Waals surface area contributed by atoms with Crippen LogP contribution in [0.2, 0.25) is 0 Å². The molecule has 102 valence electrons. The summed E-state index contributed by atoms with van der Waals surface area (Å²) in [6.07, 6.45) is 0. The molecule has 0 atom stereocenters. The monoisotopic (exact) mass is 333 g/mol. The third kappa shape index (κ3) is 3.89. The van der Waals surface area contributed by atoms with Gasteiger partial charge in [-0.2, -0.15) is 14.0 Å². The fourth-order valence-corrected chi connectivity index (χ4v) is 2.02. The van der Waals surface area contributed by atoms with Crippen molar-refractivity contribution in [2.75, 3.05) is 6.61 Å². The summed E-state index contributed by atoms with van der Waals surface area (Å²) < 4.78 is 33.8. The second-order valence-corrected chi connectivity index (χ2v) is 3.91. The minimum atomic E-state index is -3.04. The van der Waals surface area contributed by atoms with Crippen molar-refractivity contribution >= 4 is 21.9 Å². The number of ether oxygens (including phenoxy) is 2. The summed E-state index contributed by atoms with van der Waals surface area (Å²) in [6, 6.07) is 4.22. The van der Waals surface area contributed by atoms with E-state index in [1.807, 2.05) is 0 Å². The predicted molar refractivity (Wildman–Crippen MR) is 66.4 cm³/mol. The second kappa shape index (κ2) is 7.04. The molecule has 0 radical (unpaired) electrons. The summed E-state index contributed by atoms with van der Waals surface area (Å²) in [5.74, 6) is -0.901. The molecule has 0 aliphatic rings. The highest BCUT2D eigenvalue weighted by molar-refractivity contribution is 9.08. The summed E-state index contributed by atoms with van der Waals surface area (Å²) in [7, 11) is 0. The average molecular weight is 334 g/mol. The van der Waals surface area contributed by atoms with E-state index in [9.17, 15) is 13.6 Å². The van der Waals surface area contributed by atoms with Gasteiger partial charge in [-0.3, -0.25) is 0 Å². The van der Waals surface area contributed by atoms with Gasteiger partial charge < -0.3 is 9.47 Å². The number of rotatable bonds is 5. The first-order valence-corrected chi connectivity index (χ1v) is 6.40. The van der Waals surface area contributed by atoms with E-state index < -0.39 is 12.6 Å². The number of alkyl halides is 3. The third-order valence-corrected chi connectivity index (χ3v) is 2.74. The van der Waals surface area contributed by atoms with Gasteiger partial charge in [0, 0.05) is 10.9 Å². The average Bonchev–Trinajstić information content (AvgIpc) is 2.37. The van der Waals surface area contributed by atoms with Gasteiger partial charge in [0.05, 0.1) is 23.8 Å². The summed E-state index contributed by atoms with van der Waals surface area (Å²) in [5.41, 5.74) is 0.301. The molecule has 0 spiro atoms. The minimum Gasteiger partial charge on any atom is -0.462 e. The minimum absolute atomic E-state index is 0.0356. The lowest BCUT2D eigenvalue weighted by Gasteiger charge is -2.13. The van der Waals surface area contributed by atoms with Gasteiger partial charge in [0.1, 0.15) is 5.75 Å². The fourth-order valence-electron chi connectivity index (χ4n) is 1.44. The first kappa shape index (κ1) is 15.4. The van der Waals surface area contributed by atoms with Crippen molar-refractivity contribution in [3.63, 3.8) is 0 Å². The number of nitrogens with zero attached hydrogens (tertiary/aromatic N) is 1. The van der Waals surface area contributed by atoms with Crippen LogP contribution in [0.1, 0.15) is 28.4 Å². The quantitative estimate of drug-likeness (QED) is 0.613. The summed E-state index contributed by atoms with van der Waals surface area (Å²) >= 11 is 3.10. The standard InChI is InChI=1S/C12H10BrF2NO3/c1-2-18-11(17)8-3-7(6-16)4-10(9(8)5-13)19-12(14)15/h3-4,12H,2,5H2,1H3. The number of carbonyl (C=O) groups excluding carboxylic acids is 1. The van der Waals surface area contributed by atoms with Gasteiger partial charge in [-0.25, -0.2) is 4.79 Å². The maximum Gasteiger partial charge on any atom is 0.387 e. The Morgan fingerprint density at radius 2 is 2.21 bits per heavy atom. The maximum absolute atomic E-state index is 12.3. The zero-order valence-corrected chi connectivity index (χ0v) is 11.5. The summed E-state index contributed by atoms with van der Waals surface area (Å²) in [5, 5.41) is 8.96. The van der Waals surface area contributed by atoms with E-state index in [0.29, 0.717) is 0 Å². The van der Waals surface area contributed by atoms with Crippen LogP contribution in [0.3, 0.4) is 0 Å². The van der Waals surface area contributed by atoms with E-state index in [4.69, 9.17) is 10.00 Å². The Balaban J connectivity index is 3.35. The molecule has 1 rings (SSSR count). The maximum atomic E-state index is 12.3. The van der Waals surface area contributed by atoms with Crippen molar-refractivity contribution in [2.24, 2.45) is 0 Å². The molecule has 0 bridgehead atoms. The van der Waals surface area contributed by atoms with Crippen LogP contribution in [0.15, 0.2) is 12.1 Å². The van der Waals surface area contributed by atoms with Crippen molar-refractivity contribution in [3.05, 3.63) is 28.8 Å². The van der Waals surface area contributed by atoms with Crippen LogP contribution in [0.5, 0.6) is 5.75 Å². The Labute approximate surface area is 117 Å². The van der Waals surface area contributed by atoms with E-state index in [1.54, 1.807) is 13.0 Å². The van der Waals surface area contributed by atoms with Gasteiger partial charge in [0.2, 0.25) is 0 Å². The zero-order valence-electron chi connectivity index (χ0n) is 9.95. The highest BCUT2D eigenvalue weighted by Gasteiger charge is 2.20. The van der Waals surface area contributed by atoms with Crippen LogP contribution in [-0.2, 0) is 10.1 Å². The van der Waals surface area contributed by atoms with Crippen LogP contribution < -0.4 is 4.74 Å². The number of nitriles is 1. The number of esters is 1. The second-order valence-electron chi connectivity index (χ2n) is 3.34. The van der Waals surface area contributed by atoms with E-state index in [1.165, 1.54) is 6.07 Å². The molecule has 0 amide bonds. The van der Waals surface area contributed by atoms with Crippen LogP contribution in [0, 0.1) is 11.3 Å². The first-order valence-electron chi connectivity index (χ1n) is 5.28. The highest BCUT2D eigenvalue weighted by Crippen LogP contribution is 2.29. The molecular weight excluding hydrogens is 324 g/mol. The number of halogens is 3. The summed E-state index contributed by atoms with van der Waals surface area (Å²) in [4.78, 5) is 11.7. The van der Waals surface area contributed by atoms with Crippen LogP contribution in [0.25, 0.3) is 0 Å². The molecule has 4 nitrogen and oxygen atoms in total. The SMILES string of the molecule is CCOC(=O)c1cc(C#N)cc(OC(F)F)c1CBr. The Hall–Kier alpha value is -1.68. The third-order valence-electron chi connectivity index (χ3n) is 2.18. The molecule has 7 heteroatoms. The predicted octanol–water partition coefficient (Wildman–Crippen LogP) is 3.23. The van der Waals surface area contributed by atoms with Crippen molar-refractivity contribution < 1.29 is 23.0 Å². The topological polar surface area (TPSA) is 59.3 Å². The molecule has 0 saturated carbocycles. The van der Waals surface area contributed by atoms with Crippen molar-refractivity contribution in [3.8, 4) is 11.8 Å². The smallest absolute Gasteiger partial charge is 0.387 e. The normalized spacial score (nSPS) is 10.1. The molecule has 1 aromatic carbocycles. The van der Waals surface area contributed by atoms with E-state index in [-0.39, 0.29) is 34.4 Å². The molecule has 0 saturated heterocycles. The first-order chi connectivity index (χ1) is 9.03. The highest BCUT2D eigenvalue weighted by atomic mass is 79.9. The van der Waals surface area contributed by atoms with Crippen LogP contribution >= 0.6 is 15.9 Å². The number of hydrogen-bond acceptors (Lipinski definition) is 4. The van der Waals surface area contributed by atoms with Gasteiger partial charge in [0.25, 0.3) is 0 Å². The molecule has 0 unspecified atom stereocenters. The number of benzene rings is 1. The van der Waals surface area contributed by atoms with Gasteiger partial charge in [-0.15, -0.1) is 0 Å². The molecule has 0 heterocycles. The van der Waals surface area contributed by atoms with Crippen molar-refractivity contribution in [2.45, 2.75) is 18.9 Å². The van der Waals surface area contributed by atoms with Gasteiger partial charge in [0.15, 0.2) is 0 Å². The fraction of sp³-hybridized carbons (Fsp3) is 0.333. The number of carbonyl (C=O) groups is 1. The Kier molecular flexibility index (Phi) is 5.70. The Bertz CT molecular complexity index is 514. The van der Waals surface area contributed by atoms with Crippen LogP contribution in [-0.4, -0.2) is 19.2 Å². The number of hydrogen-bond donors (Lipinski definition) is 0. The lowest BCUT2D eigenvalue weighted by molar-refractivity contribution is -0.0504. The molecule has 0 N–H and O–H groups in total. The molecule has 0 aromatic heterocycles. The molecule has 0 fully saturated rings. The Morgan fingerprint density at radius 3 is 2.68 bits per heavy atom. The lowest BCUT2D eigenvalue weighted by Crippen LogP contribution is -2.11. The van der Waals surface area contributed by atoms with Crippen LogP contribution in [0.4, 0.5) is 8.78 Å². The van der Waals surface area contributed by atoms with Crippen molar-refractivity contribution in [1.82, 2.24) is 0 Å². The van der Waals surface area contributed by atoms with Gasteiger partial charge in [-0.1, -0.05) is 15.9 Å². The largest absolute Gasteiger partial charge is 0.462 e. The molecule has 0 aliphatic heterocycles. The van der Waals surface area contributed by atoms with E-state index in [0.717, 1.165) is 6.07 Å². The molecular formula is C12H10BrF2NO3. The van der Waals surface area contributed by atoms with Gasteiger partial charge >= 0.3 is 12.6 Å². The lowest BCUT2D eigenvalue weighted by atomic mass is 10.0. The Morgan fingerprint density at radius 1 is 1.53 bits per heavy atom. The molecule has 1 aromatic rings. The van der Waals surface area contributed by atoms with E-state index >= 15 is 0 Å².